The Balaban J connectivity index is 2.76. The Morgan fingerprint density at radius 3 is 2.56 bits per heavy atom. The summed E-state index contributed by atoms with van der Waals surface area (Å²) < 4.78 is 0. The van der Waals surface area contributed by atoms with Gasteiger partial charge in [0.2, 0.25) is 0 Å². The van der Waals surface area contributed by atoms with Crippen LogP contribution in [0.2, 0.25) is 5.02 Å². The van der Waals surface area contributed by atoms with Crippen LogP contribution in [0.3, 0.4) is 0 Å². The molecule has 0 saturated heterocycles. The van der Waals surface area contributed by atoms with Crippen molar-refractivity contribution in [1.82, 2.24) is 5.32 Å². The third-order valence-electron chi connectivity index (χ3n) is 2.05. The maximum Gasteiger partial charge on any atom is 0.320 e. The fourth-order valence-electron chi connectivity index (χ4n) is 1.16. The van der Waals surface area contributed by atoms with Crippen LogP contribution in [-0.2, 0) is 0 Å². The number of hydrogen-bond donors (Lipinski definition) is 2. The first-order valence-corrected chi connectivity index (χ1v) is 5.46. The van der Waals surface area contributed by atoms with Gasteiger partial charge in [-0.2, -0.15) is 10.5 Å². The molecule has 18 heavy (non-hydrogen) atoms. The lowest BCUT2D eigenvalue weighted by molar-refractivity contribution is 0.246. The molecule has 5 nitrogen and oxygen atoms in total. The molecule has 0 unspecified atom stereocenters. The van der Waals surface area contributed by atoms with Crippen LogP contribution >= 0.6 is 11.6 Å². The Morgan fingerprint density at radius 2 is 2.06 bits per heavy atom. The standard InChI is InChI=1S/C12H11ClN4O/c1-12(2,7-15)17-11(18)16-9-4-3-8(6-14)10(13)5-9/h3-5H,1-2H3,(H2,16,17,18). The van der Waals surface area contributed by atoms with Gasteiger partial charge < -0.3 is 10.6 Å². The number of halogens is 1. The molecule has 0 atom stereocenters. The number of rotatable bonds is 2. The maximum absolute atomic E-state index is 11.6. The van der Waals surface area contributed by atoms with Gasteiger partial charge in [0.1, 0.15) is 11.6 Å². The highest BCUT2D eigenvalue weighted by Crippen LogP contribution is 2.20. The van der Waals surface area contributed by atoms with Crippen molar-refractivity contribution in [2.24, 2.45) is 0 Å². The lowest BCUT2D eigenvalue weighted by Gasteiger charge is -2.17. The maximum atomic E-state index is 11.6. The van der Waals surface area contributed by atoms with Gasteiger partial charge in [0, 0.05) is 5.69 Å². The van der Waals surface area contributed by atoms with Crippen LogP contribution in [0.25, 0.3) is 0 Å². The van der Waals surface area contributed by atoms with Gasteiger partial charge in [0.25, 0.3) is 0 Å². The van der Waals surface area contributed by atoms with Crippen LogP contribution in [0.4, 0.5) is 10.5 Å². The van der Waals surface area contributed by atoms with Crippen molar-refractivity contribution >= 4 is 23.3 Å². The van der Waals surface area contributed by atoms with Crippen LogP contribution in [-0.4, -0.2) is 11.6 Å². The minimum Gasteiger partial charge on any atom is -0.320 e. The summed E-state index contributed by atoms with van der Waals surface area (Å²) in [6, 6.07) is 7.89. The van der Waals surface area contributed by atoms with Crippen molar-refractivity contribution in [3.8, 4) is 12.1 Å². The van der Waals surface area contributed by atoms with E-state index >= 15 is 0 Å². The van der Waals surface area contributed by atoms with E-state index in [2.05, 4.69) is 10.6 Å². The van der Waals surface area contributed by atoms with Crippen LogP contribution in [0.15, 0.2) is 18.2 Å². The molecular weight excluding hydrogens is 252 g/mol. The summed E-state index contributed by atoms with van der Waals surface area (Å²) >= 11 is 5.83. The second kappa shape index (κ2) is 5.39. The van der Waals surface area contributed by atoms with Gasteiger partial charge in [-0.05, 0) is 32.0 Å². The van der Waals surface area contributed by atoms with Crippen molar-refractivity contribution in [2.75, 3.05) is 5.32 Å². The largest absolute Gasteiger partial charge is 0.320 e. The summed E-state index contributed by atoms with van der Waals surface area (Å²) in [5.74, 6) is 0. The summed E-state index contributed by atoms with van der Waals surface area (Å²) in [4.78, 5) is 11.6. The second-order valence-corrected chi connectivity index (χ2v) is 4.53. The Labute approximate surface area is 110 Å². The van der Waals surface area contributed by atoms with E-state index in [0.29, 0.717) is 11.3 Å². The Bertz CT molecular complexity index is 554. The molecule has 92 valence electrons. The van der Waals surface area contributed by atoms with Gasteiger partial charge in [-0.25, -0.2) is 4.79 Å². The fourth-order valence-corrected chi connectivity index (χ4v) is 1.38. The van der Waals surface area contributed by atoms with Crippen molar-refractivity contribution in [2.45, 2.75) is 19.4 Å². The van der Waals surface area contributed by atoms with E-state index in [4.69, 9.17) is 22.1 Å². The first kappa shape index (κ1) is 13.8. The lowest BCUT2D eigenvalue weighted by atomic mass is 10.1. The molecule has 6 heteroatoms. The number of amides is 2. The molecule has 0 fully saturated rings. The number of urea groups is 1. The van der Waals surface area contributed by atoms with Gasteiger partial charge in [0.15, 0.2) is 0 Å². The topological polar surface area (TPSA) is 88.7 Å². The number of nitrogens with one attached hydrogen (secondary N) is 2. The third kappa shape index (κ3) is 3.65. The predicted octanol–water partition coefficient (Wildman–Crippen LogP) is 2.64. The van der Waals surface area contributed by atoms with E-state index in [1.165, 1.54) is 12.1 Å². The van der Waals surface area contributed by atoms with Gasteiger partial charge in [-0.3, -0.25) is 0 Å². The number of carbonyl (C=O) groups is 1. The van der Waals surface area contributed by atoms with E-state index in [1.54, 1.807) is 19.9 Å². The molecule has 1 rings (SSSR count). The molecule has 0 radical (unpaired) electrons. The average Bonchev–Trinajstić information content (AvgIpc) is 2.28. The fraction of sp³-hybridized carbons (Fsp3) is 0.250. The molecular formula is C12H11ClN4O. The van der Waals surface area contributed by atoms with E-state index in [1.807, 2.05) is 12.1 Å². The van der Waals surface area contributed by atoms with Gasteiger partial charge in [-0.1, -0.05) is 11.6 Å². The predicted molar refractivity (Wildman–Crippen MR) is 68.0 cm³/mol. The normalized spacial score (nSPS) is 10.1. The summed E-state index contributed by atoms with van der Waals surface area (Å²) in [6.07, 6.45) is 0. The molecule has 0 heterocycles. The van der Waals surface area contributed by atoms with Crippen molar-refractivity contribution in [1.29, 1.82) is 10.5 Å². The van der Waals surface area contributed by atoms with Gasteiger partial charge in [-0.15, -0.1) is 0 Å². The smallest absolute Gasteiger partial charge is 0.320 e. The molecule has 0 spiro atoms. The zero-order valence-electron chi connectivity index (χ0n) is 9.91. The van der Waals surface area contributed by atoms with Crippen molar-refractivity contribution in [3.05, 3.63) is 28.8 Å². The van der Waals surface area contributed by atoms with E-state index in [-0.39, 0.29) is 5.02 Å². The van der Waals surface area contributed by atoms with Crippen molar-refractivity contribution in [3.63, 3.8) is 0 Å². The first-order chi connectivity index (χ1) is 8.38. The Kier molecular flexibility index (Phi) is 4.14. The molecule has 1 aromatic carbocycles. The number of carbonyl (C=O) groups excluding carboxylic acids is 1. The Morgan fingerprint density at radius 1 is 1.39 bits per heavy atom. The lowest BCUT2D eigenvalue weighted by Crippen LogP contribution is -2.44. The third-order valence-corrected chi connectivity index (χ3v) is 2.37. The highest BCUT2D eigenvalue weighted by atomic mass is 35.5. The van der Waals surface area contributed by atoms with Gasteiger partial charge >= 0.3 is 6.03 Å². The number of nitriles is 2. The minimum absolute atomic E-state index is 0.259. The highest BCUT2D eigenvalue weighted by Gasteiger charge is 2.19. The number of hydrogen-bond acceptors (Lipinski definition) is 3. The molecule has 0 aliphatic rings. The SMILES string of the molecule is CC(C)(C#N)NC(=O)Nc1ccc(C#N)c(Cl)c1. The molecule has 0 aliphatic carbocycles. The van der Waals surface area contributed by atoms with Crippen LogP contribution < -0.4 is 10.6 Å². The minimum atomic E-state index is -0.958. The highest BCUT2D eigenvalue weighted by molar-refractivity contribution is 6.32. The monoisotopic (exact) mass is 262 g/mol. The average molecular weight is 263 g/mol. The van der Waals surface area contributed by atoms with E-state index < -0.39 is 11.6 Å². The molecule has 2 N–H and O–H groups in total. The molecule has 1 aromatic rings. The summed E-state index contributed by atoms with van der Waals surface area (Å²) in [5.41, 5.74) is -0.175. The first-order valence-electron chi connectivity index (χ1n) is 5.08. The van der Waals surface area contributed by atoms with E-state index in [0.717, 1.165) is 0 Å². The van der Waals surface area contributed by atoms with Crippen LogP contribution in [0.5, 0.6) is 0 Å². The molecule has 0 saturated carbocycles. The van der Waals surface area contributed by atoms with Crippen LogP contribution in [0, 0.1) is 22.7 Å². The zero-order valence-corrected chi connectivity index (χ0v) is 10.7. The quantitative estimate of drug-likeness (QED) is 0.859. The molecule has 0 bridgehead atoms. The zero-order chi connectivity index (χ0) is 13.8. The molecule has 0 aromatic heterocycles. The molecule has 0 aliphatic heterocycles. The van der Waals surface area contributed by atoms with Crippen LogP contribution in [0.1, 0.15) is 19.4 Å². The molecule has 2 amide bonds. The Hall–Kier alpha value is -2.24. The number of benzene rings is 1. The summed E-state index contributed by atoms with van der Waals surface area (Å²) in [7, 11) is 0. The second-order valence-electron chi connectivity index (χ2n) is 4.12. The van der Waals surface area contributed by atoms with E-state index in [9.17, 15) is 4.79 Å². The van der Waals surface area contributed by atoms with Crippen molar-refractivity contribution < 1.29 is 4.79 Å². The number of anilines is 1. The number of nitrogens with zero attached hydrogens (tertiary/aromatic N) is 2. The van der Waals surface area contributed by atoms with Gasteiger partial charge in [0.05, 0.1) is 16.7 Å². The summed E-state index contributed by atoms with van der Waals surface area (Å²) in [5, 5.41) is 22.7. The summed E-state index contributed by atoms with van der Waals surface area (Å²) in [6.45, 7) is 3.16.